The molecule has 1 aromatic heterocycles. The highest BCUT2D eigenvalue weighted by Gasteiger charge is 2.34. The Morgan fingerprint density at radius 2 is 2.19 bits per heavy atom. The molecule has 116 valence electrons. The number of hydrogen-bond donors (Lipinski definition) is 2. The Morgan fingerprint density at radius 1 is 1.43 bits per heavy atom. The molecule has 2 heterocycles. The zero-order valence-electron chi connectivity index (χ0n) is 11.5. The third kappa shape index (κ3) is 3.45. The van der Waals surface area contributed by atoms with Crippen molar-refractivity contribution in [3.8, 4) is 0 Å². The number of nitrogens with zero attached hydrogens (tertiary/aromatic N) is 1. The molecular weight excluding hydrogens is 312 g/mol. The van der Waals surface area contributed by atoms with E-state index in [9.17, 15) is 13.2 Å². The number of carbonyl (C=O) groups is 1. The first kappa shape index (κ1) is 15.0. The van der Waals surface area contributed by atoms with E-state index in [1.54, 1.807) is 0 Å². The highest BCUT2D eigenvalue weighted by atomic mass is 32.2. The van der Waals surface area contributed by atoms with Gasteiger partial charge in [0.25, 0.3) is 0 Å². The van der Waals surface area contributed by atoms with Crippen molar-refractivity contribution >= 4 is 27.3 Å². The van der Waals surface area contributed by atoms with Crippen LogP contribution in [-0.4, -0.2) is 50.1 Å². The average Bonchev–Trinajstić information content (AvgIpc) is 2.98. The number of carboxylic acids is 1. The lowest BCUT2D eigenvalue weighted by atomic mass is 10.1. The second-order valence-corrected chi connectivity index (χ2v) is 8.60. The molecule has 1 aromatic rings. The number of rotatable bonds is 6. The summed E-state index contributed by atoms with van der Waals surface area (Å²) in [5.74, 6) is -0.761. The Labute approximate surface area is 127 Å². The van der Waals surface area contributed by atoms with E-state index in [0.717, 1.165) is 36.9 Å². The van der Waals surface area contributed by atoms with Crippen molar-refractivity contribution in [1.82, 2.24) is 9.62 Å². The van der Waals surface area contributed by atoms with Crippen LogP contribution in [0.3, 0.4) is 0 Å². The number of carboxylic acid groups (broad SMARTS) is 1. The van der Waals surface area contributed by atoms with E-state index in [4.69, 9.17) is 5.11 Å². The molecule has 0 bridgehead atoms. The normalized spacial score (nSPS) is 23.5. The Kier molecular flexibility index (Phi) is 4.04. The van der Waals surface area contributed by atoms with Gasteiger partial charge in [-0.3, -0.25) is 0 Å². The molecule has 6 nitrogen and oxygen atoms in total. The van der Waals surface area contributed by atoms with E-state index in [2.05, 4.69) is 9.62 Å². The molecule has 0 aromatic carbocycles. The molecule has 1 atom stereocenters. The van der Waals surface area contributed by atoms with E-state index >= 15 is 0 Å². The minimum Gasteiger partial charge on any atom is -0.478 e. The number of nitrogens with one attached hydrogen (secondary N) is 1. The van der Waals surface area contributed by atoms with Gasteiger partial charge >= 0.3 is 5.97 Å². The van der Waals surface area contributed by atoms with Crippen molar-refractivity contribution in [1.29, 1.82) is 0 Å². The largest absolute Gasteiger partial charge is 0.478 e. The van der Waals surface area contributed by atoms with Crippen molar-refractivity contribution in [2.45, 2.75) is 29.5 Å². The summed E-state index contributed by atoms with van der Waals surface area (Å²) in [4.78, 5) is 13.2. The minimum absolute atomic E-state index is 0.0150. The van der Waals surface area contributed by atoms with Gasteiger partial charge in [0.2, 0.25) is 10.0 Å². The SMILES string of the molecule is O=C(O)c1csc(S(=O)(=O)NCC2CCN(C3CC3)C2)c1. The minimum atomic E-state index is -3.60. The lowest BCUT2D eigenvalue weighted by molar-refractivity contribution is 0.0697. The van der Waals surface area contributed by atoms with Gasteiger partial charge < -0.3 is 10.0 Å². The van der Waals surface area contributed by atoms with Gasteiger partial charge in [-0.05, 0) is 37.8 Å². The van der Waals surface area contributed by atoms with Crippen LogP contribution >= 0.6 is 11.3 Å². The predicted molar refractivity (Wildman–Crippen MR) is 79.2 cm³/mol. The first-order valence-electron chi connectivity index (χ1n) is 7.01. The zero-order valence-corrected chi connectivity index (χ0v) is 13.1. The molecule has 21 heavy (non-hydrogen) atoms. The molecule has 0 spiro atoms. The molecule has 1 unspecified atom stereocenters. The monoisotopic (exact) mass is 330 g/mol. The Hall–Kier alpha value is -0.960. The summed E-state index contributed by atoms with van der Waals surface area (Å²) in [5.41, 5.74) is 0.0150. The summed E-state index contributed by atoms with van der Waals surface area (Å²) in [5, 5.41) is 10.2. The Bertz CT molecular complexity index is 636. The van der Waals surface area contributed by atoms with E-state index in [1.165, 1.54) is 24.3 Å². The maximum absolute atomic E-state index is 12.1. The summed E-state index contributed by atoms with van der Waals surface area (Å²) in [7, 11) is -3.60. The second-order valence-electron chi connectivity index (χ2n) is 5.69. The van der Waals surface area contributed by atoms with Crippen LogP contribution in [0.25, 0.3) is 0 Å². The fraction of sp³-hybridized carbons (Fsp3) is 0.615. The van der Waals surface area contributed by atoms with Crippen molar-refractivity contribution in [3.63, 3.8) is 0 Å². The van der Waals surface area contributed by atoms with E-state index < -0.39 is 16.0 Å². The van der Waals surface area contributed by atoms with Crippen LogP contribution in [0.15, 0.2) is 15.7 Å². The predicted octanol–water partition coefficient (Wildman–Crippen LogP) is 1.21. The topological polar surface area (TPSA) is 86.7 Å². The van der Waals surface area contributed by atoms with Crippen LogP contribution < -0.4 is 4.72 Å². The fourth-order valence-electron chi connectivity index (χ4n) is 2.67. The molecular formula is C13H18N2O4S2. The highest BCUT2D eigenvalue weighted by Crippen LogP contribution is 2.31. The first-order valence-corrected chi connectivity index (χ1v) is 9.37. The van der Waals surface area contributed by atoms with Crippen molar-refractivity contribution < 1.29 is 18.3 Å². The maximum atomic E-state index is 12.1. The van der Waals surface area contributed by atoms with Crippen LogP contribution in [0.4, 0.5) is 0 Å². The highest BCUT2D eigenvalue weighted by molar-refractivity contribution is 7.91. The number of thiophene rings is 1. The first-order chi connectivity index (χ1) is 9.95. The summed E-state index contributed by atoms with van der Waals surface area (Å²) in [6.45, 7) is 2.43. The lowest BCUT2D eigenvalue weighted by Crippen LogP contribution is -2.31. The van der Waals surface area contributed by atoms with Crippen LogP contribution in [0.5, 0.6) is 0 Å². The molecule has 1 aliphatic heterocycles. The van der Waals surface area contributed by atoms with Gasteiger partial charge in [-0.15, -0.1) is 11.3 Å². The van der Waals surface area contributed by atoms with E-state index in [1.807, 2.05) is 0 Å². The second kappa shape index (κ2) is 5.68. The molecule has 2 aliphatic rings. The van der Waals surface area contributed by atoms with Crippen molar-refractivity contribution in [2.24, 2.45) is 5.92 Å². The van der Waals surface area contributed by atoms with Crippen LogP contribution in [0.2, 0.25) is 0 Å². The van der Waals surface area contributed by atoms with E-state index in [0.29, 0.717) is 12.5 Å². The van der Waals surface area contributed by atoms with Crippen molar-refractivity contribution in [3.05, 3.63) is 17.0 Å². The molecule has 1 saturated carbocycles. The van der Waals surface area contributed by atoms with Crippen LogP contribution in [0.1, 0.15) is 29.6 Å². The Morgan fingerprint density at radius 3 is 2.81 bits per heavy atom. The molecule has 1 saturated heterocycles. The molecule has 2 N–H and O–H groups in total. The average molecular weight is 330 g/mol. The summed E-state index contributed by atoms with van der Waals surface area (Å²) >= 11 is 0.941. The van der Waals surface area contributed by atoms with Gasteiger partial charge in [0, 0.05) is 24.5 Å². The molecule has 1 aliphatic carbocycles. The number of hydrogen-bond acceptors (Lipinski definition) is 5. The van der Waals surface area contributed by atoms with Gasteiger partial charge in [-0.25, -0.2) is 17.9 Å². The molecule has 2 fully saturated rings. The van der Waals surface area contributed by atoms with Crippen LogP contribution in [0, 0.1) is 5.92 Å². The fourth-order valence-corrected chi connectivity index (χ4v) is 4.98. The standard InChI is InChI=1S/C13H18N2O4S2/c16-13(17)10-5-12(20-8-10)21(18,19)14-6-9-3-4-15(7-9)11-1-2-11/h5,8-9,11,14H,1-4,6-7H2,(H,16,17). The zero-order chi connectivity index (χ0) is 15.0. The van der Waals surface area contributed by atoms with Gasteiger partial charge in [0.1, 0.15) is 4.21 Å². The summed E-state index contributed by atoms with van der Waals surface area (Å²) in [6, 6.07) is 1.93. The quantitative estimate of drug-likeness (QED) is 0.819. The van der Waals surface area contributed by atoms with Gasteiger partial charge in [0.15, 0.2) is 0 Å². The lowest BCUT2D eigenvalue weighted by Gasteiger charge is -2.15. The Balaban J connectivity index is 1.57. The van der Waals surface area contributed by atoms with Gasteiger partial charge in [-0.2, -0.15) is 0 Å². The molecule has 0 amide bonds. The molecule has 0 radical (unpaired) electrons. The molecule has 8 heteroatoms. The number of sulfonamides is 1. The van der Waals surface area contributed by atoms with Crippen molar-refractivity contribution in [2.75, 3.05) is 19.6 Å². The smallest absolute Gasteiger partial charge is 0.336 e. The van der Waals surface area contributed by atoms with Gasteiger partial charge in [0.05, 0.1) is 5.56 Å². The molecule has 3 rings (SSSR count). The van der Waals surface area contributed by atoms with E-state index in [-0.39, 0.29) is 9.77 Å². The number of likely N-dealkylation sites (tertiary alicyclic amines) is 1. The third-order valence-corrected chi connectivity index (χ3v) is 6.89. The summed E-state index contributed by atoms with van der Waals surface area (Å²) in [6.07, 6.45) is 3.56. The maximum Gasteiger partial charge on any atom is 0.336 e. The van der Waals surface area contributed by atoms with Gasteiger partial charge in [-0.1, -0.05) is 0 Å². The summed E-state index contributed by atoms with van der Waals surface area (Å²) < 4.78 is 27.0. The number of aromatic carboxylic acids is 1. The third-order valence-electron chi connectivity index (χ3n) is 4.03. The van der Waals surface area contributed by atoms with Crippen LogP contribution in [-0.2, 0) is 10.0 Å².